The van der Waals surface area contributed by atoms with Crippen molar-refractivity contribution in [3.8, 4) is 0 Å². The first-order chi connectivity index (χ1) is 21.1. The quantitative estimate of drug-likeness (QED) is 0.170. The zero-order valence-corrected chi connectivity index (χ0v) is 27.2. The number of nitrogen functional groups attached to an aromatic ring is 1. The number of unbranched alkanes of at least 4 members (excludes halogenated alkanes) is 2. The Morgan fingerprint density at radius 2 is 1.91 bits per heavy atom. The summed E-state index contributed by atoms with van der Waals surface area (Å²) >= 11 is 0. The largest absolute Gasteiger partial charge is 0.404 e. The summed E-state index contributed by atoms with van der Waals surface area (Å²) in [6.45, 7) is 13.5. The van der Waals surface area contributed by atoms with Gasteiger partial charge in [0.25, 0.3) is 0 Å². The number of para-hydroxylation sites is 1. The number of rotatable bonds is 13. The molecule has 1 aromatic carbocycles. The number of nitrogens with one attached hydrogen (secondary N) is 1. The summed E-state index contributed by atoms with van der Waals surface area (Å²) in [6, 6.07) is 8.60. The first-order valence-electron chi connectivity index (χ1n) is 15.9. The molecule has 5 N–H and O–H groups in total. The van der Waals surface area contributed by atoms with E-state index < -0.39 is 0 Å². The zero-order valence-electron chi connectivity index (χ0n) is 27.2. The number of nitrogens with two attached hydrogens (primary N) is 2. The monoisotopic (exact) mass is 600 g/mol. The lowest BCUT2D eigenvalue weighted by molar-refractivity contribution is -0.107. The number of aromatic nitrogens is 1. The fourth-order valence-corrected chi connectivity index (χ4v) is 6.46. The molecule has 238 valence electrons. The van der Waals surface area contributed by atoms with Gasteiger partial charge in [0.15, 0.2) is 0 Å². The number of hydrogen-bond donors (Lipinski definition) is 3. The van der Waals surface area contributed by atoms with E-state index in [2.05, 4.69) is 60.6 Å². The van der Waals surface area contributed by atoms with Gasteiger partial charge in [-0.3, -0.25) is 9.79 Å². The van der Waals surface area contributed by atoms with Crippen LogP contribution in [0.5, 0.6) is 0 Å². The summed E-state index contributed by atoms with van der Waals surface area (Å²) in [5.41, 5.74) is 20.2. The van der Waals surface area contributed by atoms with Crippen LogP contribution in [0.25, 0.3) is 5.57 Å². The lowest BCUT2D eigenvalue weighted by Crippen LogP contribution is -2.43. The number of anilines is 3. The van der Waals surface area contributed by atoms with Gasteiger partial charge in [0.2, 0.25) is 6.41 Å². The lowest BCUT2D eigenvalue weighted by Gasteiger charge is -2.37. The molecule has 0 aliphatic carbocycles. The van der Waals surface area contributed by atoms with E-state index in [0.717, 1.165) is 104 Å². The van der Waals surface area contributed by atoms with Crippen LogP contribution in [0.4, 0.5) is 17.2 Å². The first-order valence-corrected chi connectivity index (χ1v) is 15.9. The molecule has 1 aromatic heterocycles. The predicted octanol–water partition coefficient (Wildman–Crippen LogP) is 4.97. The van der Waals surface area contributed by atoms with Gasteiger partial charge in [-0.25, -0.2) is 0 Å². The van der Waals surface area contributed by atoms with Gasteiger partial charge in [0.1, 0.15) is 5.82 Å². The van der Waals surface area contributed by atoms with Crippen molar-refractivity contribution >= 4 is 35.4 Å². The number of hydrogen-bond acceptors (Lipinski definition) is 7. The van der Waals surface area contributed by atoms with Crippen molar-refractivity contribution in [2.24, 2.45) is 17.8 Å². The molecule has 9 nitrogen and oxygen atoms in total. The second-order valence-electron chi connectivity index (χ2n) is 12.4. The molecule has 2 fully saturated rings. The van der Waals surface area contributed by atoms with Crippen LogP contribution in [0.1, 0.15) is 61.8 Å². The highest BCUT2D eigenvalue weighted by Crippen LogP contribution is 2.36. The van der Waals surface area contributed by atoms with E-state index >= 15 is 0 Å². The number of carbonyl (C=O) groups excluding carboxylic acids is 1. The maximum absolute atomic E-state index is 12.3. The summed E-state index contributed by atoms with van der Waals surface area (Å²) in [7, 11) is 6.07. The number of aryl methyl sites for hydroxylation is 2. The van der Waals surface area contributed by atoms with Crippen molar-refractivity contribution in [1.29, 1.82) is 0 Å². The van der Waals surface area contributed by atoms with E-state index in [1.54, 1.807) is 6.20 Å². The Hall–Kier alpha value is -3.98. The van der Waals surface area contributed by atoms with E-state index in [0.29, 0.717) is 11.9 Å². The molecule has 0 spiro atoms. The van der Waals surface area contributed by atoms with Gasteiger partial charge >= 0.3 is 0 Å². The minimum atomic E-state index is -0.0899. The summed E-state index contributed by atoms with van der Waals surface area (Å²) in [4.78, 5) is 23.7. The van der Waals surface area contributed by atoms with Crippen molar-refractivity contribution in [3.63, 3.8) is 0 Å². The van der Waals surface area contributed by atoms with E-state index in [1.165, 1.54) is 18.4 Å². The van der Waals surface area contributed by atoms with Crippen LogP contribution in [-0.4, -0.2) is 67.9 Å². The normalized spacial score (nSPS) is 18.5. The molecule has 2 aliphatic rings. The topological polar surface area (TPSA) is 108 Å². The Morgan fingerprint density at radius 1 is 1.16 bits per heavy atom. The highest BCUT2D eigenvalue weighted by Gasteiger charge is 2.28. The third-order valence-electron chi connectivity index (χ3n) is 9.14. The van der Waals surface area contributed by atoms with Crippen molar-refractivity contribution in [2.75, 3.05) is 49.3 Å². The van der Waals surface area contributed by atoms with Gasteiger partial charge in [-0.2, -0.15) is 0 Å². The average Bonchev–Trinajstić information content (AvgIpc) is 3.26. The highest BCUT2D eigenvalue weighted by molar-refractivity contribution is 6.11. The standard InChI is InChI=1S/C35H52N8O/c1-25-14-15-32(27(3)39-25)43(24-44)33-13-10-12-28(34(33)40(4)5)11-8-7-9-18-42-19-16-30(17-20-42)38-23-29(22-36)31-21-26(2)41(6)35(31)37/h10,12-13,21-24,30,32,39H,1,3,7-9,11,14-20,36-37H2,2,4-6H3/b29-22+,38-23?. The predicted molar refractivity (Wildman–Crippen MR) is 186 cm³/mol. The minimum Gasteiger partial charge on any atom is -0.404 e. The number of nitrogens with zero attached hydrogens (tertiary/aromatic N) is 5. The summed E-state index contributed by atoms with van der Waals surface area (Å²) < 4.78 is 1.97. The molecule has 0 radical (unpaired) electrons. The Bertz CT molecular complexity index is 1380. The fourth-order valence-electron chi connectivity index (χ4n) is 6.46. The molecular formula is C35H52N8O. The van der Waals surface area contributed by atoms with Crippen LogP contribution in [0.15, 0.2) is 60.0 Å². The highest BCUT2D eigenvalue weighted by atomic mass is 16.1. The molecule has 1 unspecified atom stereocenters. The van der Waals surface area contributed by atoms with E-state index in [9.17, 15) is 4.79 Å². The smallest absolute Gasteiger partial charge is 0.214 e. The SMILES string of the molecule is C=C1CCC(N(C=O)c2cccc(CCCCCN3CCC(N=C/C(=C\N)c4cc(C)n(C)c4N)CC3)c2N(C)C)C(=C)N1. The van der Waals surface area contributed by atoms with E-state index in [4.69, 9.17) is 16.5 Å². The molecule has 1 amide bonds. The average molecular weight is 601 g/mol. The molecule has 44 heavy (non-hydrogen) atoms. The molecule has 0 bridgehead atoms. The van der Waals surface area contributed by atoms with Gasteiger partial charge in [-0.1, -0.05) is 31.7 Å². The van der Waals surface area contributed by atoms with Gasteiger partial charge in [-0.05, 0) is 76.1 Å². The summed E-state index contributed by atoms with van der Waals surface area (Å²) in [5.74, 6) is 0.712. The molecule has 2 aliphatic heterocycles. The molecular weight excluding hydrogens is 548 g/mol. The van der Waals surface area contributed by atoms with Crippen molar-refractivity contribution < 1.29 is 4.79 Å². The Morgan fingerprint density at radius 3 is 2.52 bits per heavy atom. The zero-order chi connectivity index (χ0) is 31.8. The van der Waals surface area contributed by atoms with Crippen LogP contribution >= 0.6 is 0 Å². The van der Waals surface area contributed by atoms with Crippen molar-refractivity contribution in [1.82, 2.24) is 14.8 Å². The van der Waals surface area contributed by atoms with Crippen molar-refractivity contribution in [2.45, 2.75) is 70.4 Å². The Balaban J connectivity index is 1.25. The maximum Gasteiger partial charge on any atom is 0.214 e. The number of allylic oxidation sites excluding steroid dienone is 2. The molecule has 3 heterocycles. The molecule has 9 heteroatoms. The Labute approximate surface area is 264 Å². The van der Waals surface area contributed by atoms with E-state index in [1.807, 2.05) is 35.7 Å². The molecule has 1 atom stereocenters. The van der Waals surface area contributed by atoms with Crippen LogP contribution in [0, 0.1) is 6.92 Å². The molecule has 2 aromatic rings. The minimum absolute atomic E-state index is 0.0899. The van der Waals surface area contributed by atoms with Gasteiger partial charge in [0, 0.05) is 74.9 Å². The van der Waals surface area contributed by atoms with Crippen molar-refractivity contribution in [3.05, 3.63) is 71.8 Å². The Kier molecular flexibility index (Phi) is 11.3. The second-order valence-corrected chi connectivity index (χ2v) is 12.4. The summed E-state index contributed by atoms with van der Waals surface area (Å²) in [5, 5.41) is 3.25. The number of benzene rings is 1. The number of aliphatic imine (C=N–C) groups is 1. The van der Waals surface area contributed by atoms with Gasteiger partial charge in [-0.15, -0.1) is 0 Å². The van der Waals surface area contributed by atoms with Gasteiger partial charge in [0.05, 0.1) is 23.5 Å². The molecule has 4 rings (SSSR count). The number of carbonyl (C=O) groups is 1. The van der Waals surface area contributed by atoms with Gasteiger partial charge < -0.3 is 36.1 Å². The number of piperidine rings is 2. The van der Waals surface area contributed by atoms with Crippen LogP contribution < -0.4 is 26.6 Å². The van der Waals surface area contributed by atoms with E-state index in [-0.39, 0.29) is 6.04 Å². The maximum atomic E-state index is 12.3. The fraction of sp³-hybridized carbons (Fsp3) is 0.486. The third kappa shape index (κ3) is 7.75. The number of likely N-dealkylation sites (tertiary alicyclic amines) is 1. The molecule has 2 saturated heterocycles. The van der Waals surface area contributed by atoms with Crippen LogP contribution in [0.2, 0.25) is 0 Å². The van der Waals surface area contributed by atoms with Crippen LogP contribution in [-0.2, 0) is 18.3 Å². The first kappa shape index (κ1) is 32.9. The van der Waals surface area contributed by atoms with Crippen LogP contribution in [0.3, 0.4) is 0 Å². The lowest BCUT2D eigenvalue weighted by atomic mass is 9.98. The second kappa shape index (κ2) is 15.1. The molecule has 0 saturated carbocycles. The summed E-state index contributed by atoms with van der Waals surface area (Å²) in [6.07, 6.45) is 12.6. The number of amides is 1. The third-order valence-corrected chi connectivity index (χ3v) is 9.14.